The lowest BCUT2D eigenvalue weighted by Gasteiger charge is -2.38. The molecule has 3 rings (SSSR count). The molecule has 0 aliphatic heterocycles. The fraction of sp³-hybridized carbons (Fsp3) is 0.333. The molecule has 2 heteroatoms. The van der Waals surface area contributed by atoms with Gasteiger partial charge in [0.05, 0.1) is 5.60 Å². The second kappa shape index (κ2) is 7.58. The van der Waals surface area contributed by atoms with Gasteiger partial charge in [0.25, 0.3) is 0 Å². The molecular weight excluding hydrogens is 282 g/mol. The van der Waals surface area contributed by atoms with Crippen LogP contribution in [0.1, 0.15) is 36.8 Å². The predicted molar refractivity (Wildman–Crippen MR) is 96.0 cm³/mol. The lowest BCUT2D eigenvalue weighted by molar-refractivity contribution is 0.0171. The Morgan fingerprint density at radius 3 is 2.43 bits per heavy atom. The Bertz CT molecular complexity index is 623. The predicted octanol–water partition coefficient (Wildman–Crippen LogP) is 4.16. The zero-order valence-corrected chi connectivity index (χ0v) is 13.5. The summed E-state index contributed by atoms with van der Waals surface area (Å²) in [6.07, 6.45) is 8.13. The van der Waals surface area contributed by atoms with Gasteiger partial charge in [-0.2, -0.15) is 0 Å². The van der Waals surface area contributed by atoms with Crippen molar-refractivity contribution in [1.82, 2.24) is 5.32 Å². The van der Waals surface area contributed by atoms with Crippen LogP contribution in [0.25, 0.3) is 6.08 Å². The number of hydrogen-bond acceptors (Lipinski definition) is 2. The molecule has 2 nitrogen and oxygen atoms in total. The van der Waals surface area contributed by atoms with Crippen LogP contribution in [0, 0.1) is 0 Å². The summed E-state index contributed by atoms with van der Waals surface area (Å²) >= 11 is 0. The fourth-order valence-corrected chi connectivity index (χ4v) is 3.30. The second-order valence-electron chi connectivity index (χ2n) is 6.40. The smallest absolute Gasteiger partial charge is 0.0983 e. The van der Waals surface area contributed by atoms with E-state index >= 15 is 0 Å². The average molecular weight is 307 g/mol. The quantitative estimate of drug-likeness (QED) is 0.869. The van der Waals surface area contributed by atoms with Crippen molar-refractivity contribution in [3.8, 4) is 0 Å². The molecule has 120 valence electrons. The summed E-state index contributed by atoms with van der Waals surface area (Å²) in [6, 6.07) is 20.7. The molecule has 0 spiro atoms. The van der Waals surface area contributed by atoms with Crippen molar-refractivity contribution >= 4 is 6.08 Å². The Balaban J connectivity index is 1.68. The largest absolute Gasteiger partial charge is 0.384 e. The Morgan fingerprint density at radius 1 is 1.00 bits per heavy atom. The van der Waals surface area contributed by atoms with Gasteiger partial charge in [-0.15, -0.1) is 0 Å². The first-order chi connectivity index (χ1) is 11.3. The van der Waals surface area contributed by atoms with Crippen LogP contribution in [0.3, 0.4) is 0 Å². The van der Waals surface area contributed by atoms with Gasteiger partial charge in [0, 0.05) is 12.6 Å². The van der Waals surface area contributed by atoms with Crippen LogP contribution in [0.15, 0.2) is 66.7 Å². The van der Waals surface area contributed by atoms with E-state index in [2.05, 4.69) is 41.7 Å². The molecule has 0 heterocycles. The first-order valence-corrected chi connectivity index (χ1v) is 8.50. The number of nitrogens with one attached hydrogen (secondary N) is 1. The normalized spacial score (nSPS) is 24.8. The highest BCUT2D eigenvalue weighted by Crippen LogP contribution is 2.30. The summed E-state index contributed by atoms with van der Waals surface area (Å²) in [5, 5.41) is 14.7. The van der Waals surface area contributed by atoms with Crippen molar-refractivity contribution in [3.05, 3.63) is 77.9 Å². The van der Waals surface area contributed by atoms with Crippen LogP contribution in [0.2, 0.25) is 0 Å². The van der Waals surface area contributed by atoms with Crippen molar-refractivity contribution in [3.63, 3.8) is 0 Å². The van der Waals surface area contributed by atoms with E-state index in [1.807, 2.05) is 36.4 Å². The van der Waals surface area contributed by atoms with E-state index in [4.69, 9.17) is 0 Å². The molecule has 0 amide bonds. The molecular formula is C21H25NO. The minimum absolute atomic E-state index is 0.108. The highest BCUT2D eigenvalue weighted by Gasteiger charge is 2.36. The lowest BCUT2D eigenvalue weighted by Crippen LogP contribution is -2.51. The van der Waals surface area contributed by atoms with E-state index in [9.17, 15) is 5.11 Å². The standard InChI is InChI=1S/C21H25NO/c23-21(16-14-18-9-3-1-4-10-18)15-8-7-13-20(21)22-17-19-11-5-2-6-12-19/h1-6,9-12,14,16,20,22-23H,7-8,13,15,17H2/b16-14+/t20-,21+/m1/s1. The van der Waals surface area contributed by atoms with Crippen LogP contribution in [0.4, 0.5) is 0 Å². The Labute approximate surface area is 138 Å². The highest BCUT2D eigenvalue weighted by molar-refractivity contribution is 5.50. The maximum Gasteiger partial charge on any atom is 0.0983 e. The van der Waals surface area contributed by atoms with Crippen LogP contribution in [0.5, 0.6) is 0 Å². The first kappa shape index (κ1) is 16.0. The fourth-order valence-electron chi connectivity index (χ4n) is 3.30. The van der Waals surface area contributed by atoms with E-state index in [1.165, 1.54) is 12.0 Å². The zero-order chi connectivity index (χ0) is 16.0. The topological polar surface area (TPSA) is 32.3 Å². The summed E-state index contributed by atoms with van der Waals surface area (Å²) in [7, 11) is 0. The second-order valence-corrected chi connectivity index (χ2v) is 6.40. The van der Waals surface area contributed by atoms with Crippen LogP contribution in [-0.2, 0) is 6.54 Å². The molecule has 0 bridgehead atoms. The molecule has 2 aromatic rings. The average Bonchev–Trinajstić information content (AvgIpc) is 2.61. The third kappa shape index (κ3) is 4.31. The summed E-state index contributed by atoms with van der Waals surface area (Å²) in [4.78, 5) is 0. The summed E-state index contributed by atoms with van der Waals surface area (Å²) in [5.74, 6) is 0. The van der Waals surface area contributed by atoms with Crippen molar-refractivity contribution in [2.75, 3.05) is 0 Å². The molecule has 2 N–H and O–H groups in total. The van der Waals surface area contributed by atoms with Gasteiger partial charge in [0.1, 0.15) is 0 Å². The Kier molecular flexibility index (Phi) is 5.27. The van der Waals surface area contributed by atoms with E-state index in [0.717, 1.165) is 31.4 Å². The van der Waals surface area contributed by atoms with Crippen LogP contribution >= 0.6 is 0 Å². The Morgan fingerprint density at radius 2 is 1.70 bits per heavy atom. The van der Waals surface area contributed by atoms with Gasteiger partial charge in [-0.05, 0) is 24.0 Å². The third-order valence-electron chi connectivity index (χ3n) is 4.68. The van der Waals surface area contributed by atoms with Crippen molar-refractivity contribution in [1.29, 1.82) is 0 Å². The Hall–Kier alpha value is -1.90. The van der Waals surface area contributed by atoms with Gasteiger partial charge in [0.2, 0.25) is 0 Å². The molecule has 23 heavy (non-hydrogen) atoms. The van der Waals surface area contributed by atoms with E-state index in [1.54, 1.807) is 0 Å². The number of benzene rings is 2. The van der Waals surface area contributed by atoms with E-state index in [-0.39, 0.29) is 6.04 Å². The van der Waals surface area contributed by atoms with Gasteiger partial charge >= 0.3 is 0 Å². The maximum absolute atomic E-state index is 11.1. The minimum Gasteiger partial charge on any atom is -0.384 e. The molecule has 0 radical (unpaired) electrons. The molecule has 0 saturated heterocycles. The number of aliphatic hydroxyl groups is 1. The van der Waals surface area contributed by atoms with Crippen LogP contribution in [-0.4, -0.2) is 16.7 Å². The van der Waals surface area contributed by atoms with E-state index in [0.29, 0.717) is 0 Å². The molecule has 1 fully saturated rings. The molecule has 1 aliphatic carbocycles. The molecule has 1 aliphatic rings. The lowest BCUT2D eigenvalue weighted by atomic mass is 9.79. The summed E-state index contributed by atoms with van der Waals surface area (Å²) in [6.45, 7) is 0.799. The molecule has 0 aromatic heterocycles. The molecule has 1 saturated carbocycles. The van der Waals surface area contributed by atoms with Gasteiger partial charge in [-0.1, -0.05) is 85.7 Å². The van der Waals surface area contributed by atoms with Crippen molar-refractivity contribution in [2.45, 2.75) is 43.9 Å². The third-order valence-corrected chi connectivity index (χ3v) is 4.68. The summed E-state index contributed by atoms with van der Waals surface area (Å²) < 4.78 is 0. The highest BCUT2D eigenvalue weighted by atomic mass is 16.3. The molecule has 0 unspecified atom stereocenters. The first-order valence-electron chi connectivity index (χ1n) is 8.50. The van der Waals surface area contributed by atoms with Gasteiger partial charge in [-0.3, -0.25) is 0 Å². The zero-order valence-electron chi connectivity index (χ0n) is 13.5. The number of hydrogen-bond donors (Lipinski definition) is 2. The van der Waals surface area contributed by atoms with Crippen molar-refractivity contribution in [2.24, 2.45) is 0 Å². The minimum atomic E-state index is -0.761. The molecule has 2 atom stereocenters. The van der Waals surface area contributed by atoms with Crippen molar-refractivity contribution < 1.29 is 5.11 Å². The van der Waals surface area contributed by atoms with Gasteiger partial charge in [-0.25, -0.2) is 0 Å². The maximum atomic E-state index is 11.1. The monoisotopic (exact) mass is 307 g/mol. The van der Waals surface area contributed by atoms with Crippen LogP contribution < -0.4 is 5.32 Å². The molecule has 2 aromatic carbocycles. The van der Waals surface area contributed by atoms with Gasteiger partial charge < -0.3 is 10.4 Å². The van der Waals surface area contributed by atoms with E-state index < -0.39 is 5.60 Å². The summed E-state index contributed by atoms with van der Waals surface area (Å²) in [5.41, 5.74) is 1.63. The number of rotatable bonds is 5. The van der Waals surface area contributed by atoms with Gasteiger partial charge in [0.15, 0.2) is 0 Å². The SMILES string of the molecule is O[C@]1(/C=C/c2ccccc2)CCCC[C@H]1NCc1ccccc1.